The van der Waals surface area contributed by atoms with Gasteiger partial charge in [0, 0.05) is 17.3 Å². The molecule has 0 bridgehead atoms. The largest absolute Gasteiger partial charge is 0.383 e. The molecule has 0 amide bonds. The number of fused-ring (bicyclic) bond motifs is 1. The van der Waals surface area contributed by atoms with Gasteiger partial charge in [-0.15, -0.1) is 0 Å². The van der Waals surface area contributed by atoms with Gasteiger partial charge in [0.1, 0.15) is 11.5 Å². The Morgan fingerprint density at radius 2 is 1.85 bits per heavy atom. The average Bonchev–Trinajstić information content (AvgIpc) is 2.78. The fraction of sp³-hybridized carbons (Fsp3) is 0.0714. The van der Waals surface area contributed by atoms with Crippen LogP contribution < -0.4 is 5.73 Å². The second kappa shape index (κ2) is 4.76. The minimum absolute atomic E-state index is 0.0332. The lowest BCUT2D eigenvalue weighted by Crippen LogP contribution is -1.94. The predicted molar refractivity (Wildman–Crippen MR) is 75.0 cm³/mol. The Morgan fingerprint density at radius 3 is 2.45 bits per heavy atom. The topological polar surface area (TPSA) is 43.3 Å². The number of nitrogen functional groups attached to an aromatic ring is 1. The van der Waals surface area contributed by atoms with E-state index in [0.717, 1.165) is 0 Å². The van der Waals surface area contributed by atoms with Gasteiger partial charge in [-0.3, -0.25) is 4.40 Å². The van der Waals surface area contributed by atoms with Gasteiger partial charge in [0.15, 0.2) is 5.65 Å². The molecule has 0 saturated heterocycles. The van der Waals surface area contributed by atoms with Crippen molar-refractivity contribution in [1.29, 1.82) is 0 Å². The van der Waals surface area contributed by atoms with Crippen LogP contribution in [0, 0.1) is 0 Å². The maximum Gasteiger partial charge on any atom is 0.263 e. The van der Waals surface area contributed by atoms with E-state index in [1.54, 1.807) is 34.9 Å². The number of rotatable bonds is 2. The fourth-order valence-electron chi connectivity index (χ4n) is 2.05. The molecule has 6 heteroatoms. The van der Waals surface area contributed by atoms with Gasteiger partial charge in [-0.05, 0) is 12.1 Å². The standard InChI is InChI=1S/C14H10ClF2N3/c15-10-2-1-7-20-13(18)11(19-14(10)20)8-3-5-9(6-4-8)12(16)17/h1-7,12H,18H2. The first-order chi connectivity index (χ1) is 9.58. The number of nitrogens with zero attached hydrogens (tertiary/aromatic N) is 2. The van der Waals surface area contributed by atoms with Gasteiger partial charge in [0.2, 0.25) is 0 Å². The summed E-state index contributed by atoms with van der Waals surface area (Å²) >= 11 is 6.06. The van der Waals surface area contributed by atoms with Crippen LogP contribution >= 0.6 is 11.6 Å². The molecule has 0 unspecified atom stereocenters. The summed E-state index contributed by atoms with van der Waals surface area (Å²) < 4.78 is 26.7. The molecule has 0 aliphatic rings. The zero-order chi connectivity index (χ0) is 14.3. The van der Waals surface area contributed by atoms with Crippen molar-refractivity contribution in [3.8, 4) is 11.3 Å². The highest BCUT2D eigenvalue weighted by atomic mass is 35.5. The van der Waals surface area contributed by atoms with Crippen LogP contribution in [0.3, 0.4) is 0 Å². The molecule has 102 valence electrons. The Morgan fingerprint density at radius 1 is 1.15 bits per heavy atom. The van der Waals surface area contributed by atoms with Crippen molar-refractivity contribution in [2.24, 2.45) is 0 Å². The predicted octanol–water partition coefficient (Wildman–Crippen LogP) is 4.17. The number of halogens is 3. The summed E-state index contributed by atoms with van der Waals surface area (Å²) in [6.45, 7) is 0. The van der Waals surface area contributed by atoms with Gasteiger partial charge >= 0.3 is 0 Å². The number of benzene rings is 1. The van der Waals surface area contributed by atoms with Crippen LogP contribution in [0.4, 0.5) is 14.6 Å². The Kier molecular flexibility index (Phi) is 3.06. The highest BCUT2D eigenvalue weighted by Gasteiger charge is 2.14. The third kappa shape index (κ3) is 2.00. The molecule has 0 spiro atoms. The van der Waals surface area contributed by atoms with Crippen molar-refractivity contribution in [1.82, 2.24) is 9.38 Å². The monoisotopic (exact) mass is 293 g/mol. The maximum atomic E-state index is 12.5. The smallest absolute Gasteiger partial charge is 0.263 e. The lowest BCUT2D eigenvalue weighted by molar-refractivity contribution is 0.151. The van der Waals surface area contributed by atoms with E-state index < -0.39 is 6.43 Å². The molecule has 3 nitrogen and oxygen atoms in total. The molecule has 20 heavy (non-hydrogen) atoms. The number of alkyl halides is 2. The minimum Gasteiger partial charge on any atom is -0.383 e. The van der Waals surface area contributed by atoms with E-state index in [1.807, 2.05) is 0 Å². The molecular formula is C14H10ClF2N3. The minimum atomic E-state index is -2.49. The quantitative estimate of drug-likeness (QED) is 0.770. The van der Waals surface area contributed by atoms with Crippen molar-refractivity contribution in [2.45, 2.75) is 6.43 Å². The van der Waals surface area contributed by atoms with Gasteiger partial charge in [-0.25, -0.2) is 13.8 Å². The molecule has 1 aromatic carbocycles. The van der Waals surface area contributed by atoms with Gasteiger partial charge in [0.25, 0.3) is 6.43 Å². The lowest BCUT2D eigenvalue weighted by atomic mass is 10.1. The van der Waals surface area contributed by atoms with E-state index in [-0.39, 0.29) is 5.56 Å². The highest BCUT2D eigenvalue weighted by Crippen LogP contribution is 2.30. The molecule has 2 N–H and O–H groups in total. The number of hydrogen-bond acceptors (Lipinski definition) is 2. The first-order valence-corrected chi connectivity index (χ1v) is 6.26. The van der Waals surface area contributed by atoms with Crippen LogP contribution in [0.2, 0.25) is 5.02 Å². The van der Waals surface area contributed by atoms with E-state index in [9.17, 15) is 8.78 Å². The van der Waals surface area contributed by atoms with Crippen molar-refractivity contribution in [2.75, 3.05) is 5.73 Å². The van der Waals surface area contributed by atoms with E-state index >= 15 is 0 Å². The van der Waals surface area contributed by atoms with Crippen LogP contribution in [0.1, 0.15) is 12.0 Å². The Labute approximate surface area is 118 Å². The Bertz CT molecular complexity index is 766. The summed E-state index contributed by atoms with van der Waals surface area (Å²) in [7, 11) is 0. The normalized spacial score (nSPS) is 11.4. The van der Waals surface area contributed by atoms with Gasteiger partial charge in [-0.1, -0.05) is 35.9 Å². The van der Waals surface area contributed by atoms with Crippen LogP contribution in [-0.4, -0.2) is 9.38 Å². The molecule has 0 fully saturated rings. The third-order valence-corrected chi connectivity index (χ3v) is 3.37. The fourth-order valence-corrected chi connectivity index (χ4v) is 2.26. The summed E-state index contributed by atoms with van der Waals surface area (Å²) in [6.07, 6.45) is -0.738. The highest BCUT2D eigenvalue weighted by molar-refractivity contribution is 6.33. The Hall–Kier alpha value is -2.14. The second-order valence-corrected chi connectivity index (χ2v) is 4.73. The van der Waals surface area contributed by atoms with Gasteiger partial charge in [-0.2, -0.15) is 0 Å². The number of anilines is 1. The third-order valence-electron chi connectivity index (χ3n) is 3.08. The Balaban J connectivity index is 2.14. The zero-order valence-electron chi connectivity index (χ0n) is 10.2. The molecule has 3 aromatic rings. The van der Waals surface area contributed by atoms with E-state index in [2.05, 4.69) is 4.98 Å². The average molecular weight is 294 g/mol. The summed E-state index contributed by atoms with van der Waals surface area (Å²) in [5.41, 5.74) is 7.74. The molecule has 0 aliphatic carbocycles. The lowest BCUT2D eigenvalue weighted by Gasteiger charge is -2.02. The summed E-state index contributed by atoms with van der Waals surface area (Å²) in [6, 6.07) is 9.36. The van der Waals surface area contributed by atoms with E-state index in [4.69, 9.17) is 17.3 Å². The summed E-state index contributed by atoms with van der Waals surface area (Å²) in [5, 5.41) is 0.481. The first kappa shape index (κ1) is 12.9. The molecule has 0 atom stereocenters. The van der Waals surface area contributed by atoms with Crippen molar-refractivity contribution >= 4 is 23.1 Å². The van der Waals surface area contributed by atoms with Crippen LogP contribution in [0.25, 0.3) is 16.9 Å². The number of imidazole rings is 1. The molecule has 3 rings (SSSR count). The van der Waals surface area contributed by atoms with Crippen molar-refractivity contribution < 1.29 is 8.78 Å². The van der Waals surface area contributed by atoms with Crippen molar-refractivity contribution in [3.63, 3.8) is 0 Å². The molecular weight excluding hydrogens is 284 g/mol. The summed E-state index contributed by atoms with van der Waals surface area (Å²) in [4.78, 5) is 4.38. The molecule has 2 aromatic heterocycles. The number of nitrogens with two attached hydrogens (primary N) is 1. The molecule has 2 heterocycles. The molecule has 0 radical (unpaired) electrons. The van der Waals surface area contributed by atoms with Crippen LogP contribution in [-0.2, 0) is 0 Å². The van der Waals surface area contributed by atoms with Gasteiger partial charge in [0.05, 0.1) is 5.02 Å². The number of hydrogen-bond donors (Lipinski definition) is 1. The first-order valence-electron chi connectivity index (χ1n) is 5.88. The van der Waals surface area contributed by atoms with Crippen LogP contribution in [0.5, 0.6) is 0 Å². The zero-order valence-corrected chi connectivity index (χ0v) is 11.0. The van der Waals surface area contributed by atoms with E-state index in [1.165, 1.54) is 12.1 Å². The maximum absolute atomic E-state index is 12.5. The van der Waals surface area contributed by atoms with E-state index in [0.29, 0.717) is 27.7 Å². The van der Waals surface area contributed by atoms with Gasteiger partial charge < -0.3 is 5.73 Å². The number of pyridine rings is 1. The molecule has 0 saturated carbocycles. The molecule has 0 aliphatic heterocycles. The summed E-state index contributed by atoms with van der Waals surface area (Å²) in [5.74, 6) is 0.423. The van der Waals surface area contributed by atoms with Crippen LogP contribution in [0.15, 0.2) is 42.6 Å². The SMILES string of the molecule is Nc1c(-c2ccc(C(F)F)cc2)nc2c(Cl)cccn12. The second-order valence-electron chi connectivity index (χ2n) is 4.32. The number of aromatic nitrogens is 2. The van der Waals surface area contributed by atoms with Crippen molar-refractivity contribution in [3.05, 3.63) is 53.2 Å².